The summed E-state index contributed by atoms with van der Waals surface area (Å²) in [4.78, 5) is 23.4. The molecule has 4 heteroatoms. The van der Waals surface area contributed by atoms with Crippen molar-refractivity contribution in [3.63, 3.8) is 0 Å². The van der Waals surface area contributed by atoms with Crippen LogP contribution in [0.15, 0.2) is 60.7 Å². The molecule has 0 heterocycles. The molecule has 0 aromatic heterocycles. The fraction of sp³-hybridized carbons (Fsp3) is 0.263. The molecule has 0 saturated carbocycles. The first-order valence-electron chi connectivity index (χ1n) is 7.85. The average molecular weight is 310 g/mol. The van der Waals surface area contributed by atoms with Crippen molar-refractivity contribution in [2.75, 3.05) is 13.1 Å². The van der Waals surface area contributed by atoms with Gasteiger partial charge in [0.25, 0.3) is 0 Å². The van der Waals surface area contributed by atoms with E-state index in [0.717, 1.165) is 18.4 Å². The van der Waals surface area contributed by atoms with Gasteiger partial charge in [0.05, 0.1) is 13.0 Å². The Hall–Kier alpha value is -2.62. The smallest absolute Gasteiger partial charge is 0.239 e. The molecule has 23 heavy (non-hydrogen) atoms. The van der Waals surface area contributed by atoms with Crippen LogP contribution in [-0.4, -0.2) is 24.9 Å². The van der Waals surface area contributed by atoms with Gasteiger partial charge in [0, 0.05) is 6.54 Å². The second-order valence-electron chi connectivity index (χ2n) is 5.38. The molecule has 0 fully saturated rings. The zero-order valence-corrected chi connectivity index (χ0v) is 13.1. The summed E-state index contributed by atoms with van der Waals surface area (Å²) in [5.41, 5.74) is 2.20. The lowest BCUT2D eigenvalue weighted by atomic mass is 10.1. The van der Waals surface area contributed by atoms with E-state index < -0.39 is 0 Å². The molecule has 4 nitrogen and oxygen atoms in total. The molecule has 2 aromatic rings. The predicted molar refractivity (Wildman–Crippen MR) is 90.9 cm³/mol. The van der Waals surface area contributed by atoms with E-state index in [1.165, 1.54) is 5.56 Å². The molecule has 2 N–H and O–H groups in total. The van der Waals surface area contributed by atoms with Gasteiger partial charge in [0.15, 0.2) is 0 Å². The monoisotopic (exact) mass is 310 g/mol. The zero-order chi connectivity index (χ0) is 16.3. The van der Waals surface area contributed by atoms with Gasteiger partial charge in [-0.3, -0.25) is 9.59 Å². The van der Waals surface area contributed by atoms with Crippen LogP contribution in [-0.2, 0) is 22.4 Å². The fourth-order valence-corrected chi connectivity index (χ4v) is 2.25. The molecule has 0 aliphatic rings. The van der Waals surface area contributed by atoms with E-state index in [1.807, 2.05) is 48.5 Å². The first-order valence-corrected chi connectivity index (χ1v) is 7.85. The minimum atomic E-state index is -0.153. The van der Waals surface area contributed by atoms with Gasteiger partial charge in [0.1, 0.15) is 0 Å². The topological polar surface area (TPSA) is 58.2 Å². The SMILES string of the molecule is O=C(CNC(=O)Cc1ccccc1)NCCCc1ccccc1. The van der Waals surface area contributed by atoms with Gasteiger partial charge in [-0.25, -0.2) is 0 Å². The van der Waals surface area contributed by atoms with Crippen molar-refractivity contribution < 1.29 is 9.59 Å². The number of aryl methyl sites for hydroxylation is 1. The summed E-state index contributed by atoms with van der Waals surface area (Å²) in [5.74, 6) is -0.296. The summed E-state index contributed by atoms with van der Waals surface area (Å²) < 4.78 is 0. The summed E-state index contributed by atoms with van der Waals surface area (Å²) >= 11 is 0. The second kappa shape index (κ2) is 9.41. The molecule has 120 valence electrons. The number of carbonyl (C=O) groups excluding carboxylic acids is 2. The molecule has 2 aromatic carbocycles. The van der Waals surface area contributed by atoms with Crippen molar-refractivity contribution >= 4 is 11.8 Å². The number of hydrogen-bond donors (Lipinski definition) is 2. The number of rotatable bonds is 8. The third-order valence-corrected chi connectivity index (χ3v) is 3.46. The number of amides is 2. The van der Waals surface area contributed by atoms with Crippen LogP contribution >= 0.6 is 0 Å². The Labute approximate surface area is 136 Å². The molecular formula is C19H22N2O2. The van der Waals surface area contributed by atoms with Gasteiger partial charge in [-0.2, -0.15) is 0 Å². The van der Waals surface area contributed by atoms with Gasteiger partial charge in [0.2, 0.25) is 11.8 Å². The Balaban J connectivity index is 1.57. The van der Waals surface area contributed by atoms with Crippen LogP contribution in [0, 0.1) is 0 Å². The Morgan fingerprint density at radius 2 is 1.35 bits per heavy atom. The van der Waals surface area contributed by atoms with Crippen molar-refractivity contribution in [1.29, 1.82) is 0 Å². The fourth-order valence-electron chi connectivity index (χ4n) is 2.25. The van der Waals surface area contributed by atoms with E-state index >= 15 is 0 Å². The highest BCUT2D eigenvalue weighted by molar-refractivity contribution is 5.85. The van der Waals surface area contributed by atoms with Crippen LogP contribution < -0.4 is 10.6 Å². The quantitative estimate of drug-likeness (QED) is 0.734. The lowest BCUT2D eigenvalue weighted by Gasteiger charge is -2.07. The van der Waals surface area contributed by atoms with Crippen LogP contribution in [0.2, 0.25) is 0 Å². The van der Waals surface area contributed by atoms with Crippen LogP contribution in [0.5, 0.6) is 0 Å². The van der Waals surface area contributed by atoms with Crippen LogP contribution in [0.3, 0.4) is 0 Å². The molecule has 0 aliphatic carbocycles. The standard InChI is InChI=1S/C19H22N2O2/c22-18(14-17-10-5-2-6-11-17)21-15-19(23)20-13-7-12-16-8-3-1-4-9-16/h1-6,8-11H,7,12-15H2,(H,20,23)(H,21,22). The molecule has 0 bridgehead atoms. The summed E-state index contributed by atoms with van der Waals surface area (Å²) in [7, 11) is 0. The van der Waals surface area contributed by atoms with Crippen molar-refractivity contribution in [3.05, 3.63) is 71.8 Å². The minimum Gasteiger partial charge on any atom is -0.355 e. The summed E-state index contributed by atoms with van der Waals surface area (Å²) in [6.45, 7) is 0.638. The molecule has 2 rings (SSSR count). The molecular weight excluding hydrogens is 288 g/mol. The van der Waals surface area contributed by atoms with Crippen molar-refractivity contribution in [1.82, 2.24) is 10.6 Å². The Morgan fingerprint density at radius 1 is 0.739 bits per heavy atom. The van der Waals surface area contributed by atoms with E-state index in [4.69, 9.17) is 0 Å². The largest absolute Gasteiger partial charge is 0.355 e. The van der Waals surface area contributed by atoms with Gasteiger partial charge in [-0.05, 0) is 24.0 Å². The van der Waals surface area contributed by atoms with Gasteiger partial charge in [-0.1, -0.05) is 60.7 Å². The van der Waals surface area contributed by atoms with Crippen LogP contribution in [0.4, 0.5) is 0 Å². The number of benzene rings is 2. The molecule has 0 unspecified atom stereocenters. The van der Waals surface area contributed by atoms with Gasteiger partial charge in [-0.15, -0.1) is 0 Å². The maximum atomic E-state index is 11.7. The highest BCUT2D eigenvalue weighted by atomic mass is 16.2. The lowest BCUT2D eigenvalue weighted by molar-refractivity contribution is -0.125. The molecule has 0 saturated heterocycles. The summed E-state index contributed by atoms with van der Waals surface area (Å²) in [6.07, 6.45) is 2.11. The molecule has 0 atom stereocenters. The average Bonchev–Trinajstić information content (AvgIpc) is 2.59. The summed E-state index contributed by atoms with van der Waals surface area (Å²) in [5, 5.41) is 5.46. The Kier molecular flexibility index (Phi) is 6.85. The Bertz CT molecular complexity index is 612. The third-order valence-electron chi connectivity index (χ3n) is 3.46. The van der Waals surface area contributed by atoms with Crippen LogP contribution in [0.1, 0.15) is 17.5 Å². The first-order chi connectivity index (χ1) is 11.2. The summed E-state index contributed by atoms with van der Waals surface area (Å²) in [6, 6.07) is 19.6. The van der Waals surface area contributed by atoms with Crippen LogP contribution in [0.25, 0.3) is 0 Å². The van der Waals surface area contributed by atoms with Crippen molar-refractivity contribution in [3.8, 4) is 0 Å². The van der Waals surface area contributed by atoms with E-state index in [0.29, 0.717) is 13.0 Å². The van der Waals surface area contributed by atoms with E-state index in [-0.39, 0.29) is 18.4 Å². The van der Waals surface area contributed by atoms with E-state index in [9.17, 15) is 9.59 Å². The number of hydrogen-bond acceptors (Lipinski definition) is 2. The predicted octanol–water partition coefficient (Wildman–Crippen LogP) is 2.09. The maximum Gasteiger partial charge on any atom is 0.239 e. The van der Waals surface area contributed by atoms with Gasteiger partial charge >= 0.3 is 0 Å². The third kappa shape index (κ3) is 6.78. The zero-order valence-electron chi connectivity index (χ0n) is 13.1. The highest BCUT2D eigenvalue weighted by Crippen LogP contribution is 2.01. The highest BCUT2D eigenvalue weighted by Gasteiger charge is 2.06. The second-order valence-corrected chi connectivity index (χ2v) is 5.38. The molecule has 0 spiro atoms. The number of nitrogens with one attached hydrogen (secondary N) is 2. The molecule has 2 amide bonds. The maximum absolute atomic E-state index is 11.7. The lowest BCUT2D eigenvalue weighted by Crippen LogP contribution is -2.38. The molecule has 0 radical (unpaired) electrons. The number of carbonyl (C=O) groups is 2. The normalized spacial score (nSPS) is 10.1. The van der Waals surface area contributed by atoms with E-state index in [2.05, 4.69) is 22.8 Å². The van der Waals surface area contributed by atoms with Gasteiger partial charge < -0.3 is 10.6 Å². The Morgan fingerprint density at radius 3 is 2.00 bits per heavy atom. The molecule has 0 aliphatic heterocycles. The van der Waals surface area contributed by atoms with Crippen molar-refractivity contribution in [2.45, 2.75) is 19.3 Å². The minimum absolute atomic E-state index is 0.0248. The van der Waals surface area contributed by atoms with E-state index in [1.54, 1.807) is 0 Å². The van der Waals surface area contributed by atoms with Crippen molar-refractivity contribution in [2.24, 2.45) is 0 Å². The first kappa shape index (κ1) is 16.7.